The molecular weight excluding hydrogens is 440 g/mol. The third-order valence-corrected chi connectivity index (χ3v) is 7.15. The minimum atomic E-state index is -3.69. The number of anilines is 1. The van der Waals surface area contributed by atoms with E-state index in [4.69, 9.17) is 9.47 Å². The molecule has 0 heterocycles. The zero-order valence-electron chi connectivity index (χ0n) is 19.2. The highest BCUT2D eigenvalue weighted by Crippen LogP contribution is 2.25. The van der Waals surface area contributed by atoms with Crippen molar-refractivity contribution in [3.05, 3.63) is 83.4 Å². The molecular formula is C25H28N2O5S. The van der Waals surface area contributed by atoms with Crippen molar-refractivity contribution < 1.29 is 22.7 Å². The minimum absolute atomic E-state index is 0.214. The third-order valence-electron chi connectivity index (χ3n) is 5.35. The largest absolute Gasteiger partial charge is 0.497 e. The van der Waals surface area contributed by atoms with Gasteiger partial charge in [0.2, 0.25) is 0 Å². The van der Waals surface area contributed by atoms with Crippen LogP contribution >= 0.6 is 0 Å². The lowest BCUT2D eigenvalue weighted by Crippen LogP contribution is -2.27. The summed E-state index contributed by atoms with van der Waals surface area (Å²) in [6.45, 7) is 2.32. The topological polar surface area (TPSA) is 84.9 Å². The molecule has 7 nitrogen and oxygen atoms in total. The second-order valence-corrected chi connectivity index (χ2v) is 9.49. The smallest absolute Gasteiger partial charge is 0.264 e. The number of methoxy groups -OCH3 is 2. The summed E-state index contributed by atoms with van der Waals surface area (Å²) in [5, 5.41) is 2.88. The molecule has 33 heavy (non-hydrogen) atoms. The number of sulfonamides is 1. The molecule has 0 saturated heterocycles. The molecule has 0 aliphatic heterocycles. The van der Waals surface area contributed by atoms with Crippen molar-refractivity contribution in [2.75, 3.05) is 32.1 Å². The van der Waals surface area contributed by atoms with E-state index in [-0.39, 0.29) is 10.8 Å². The summed E-state index contributed by atoms with van der Waals surface area (Å²) in [5.41, 5.74) is 2.85. The molecule has 0 atom stereocenters. The van der Waals surface area contributed by atoms with E-state index >= 15 is 0 Å². The van der Waals surface area contributed by atoms with Crippen LogP contribution in [0.5, 0.6) is 11.5 Å². The normalized spacial score (nSPS) is 11.0. The molecule has 3 aromatic carbocycles. The lowest BCUT2D eigenvalue weighted by atomic mass is 10.1. The van der Waals surface area contributed by atoms with Gasteiger partial charge in [-0.3, -0.25) is 9.10 Å². The number of aryl methyl sites for hydroxylation is 1. The lowest BCUT2D eigenvalue weighted by molar-refractivity contribution is 0.0954. The van der Waals surface area contributed by atoms with Gasteiger partial charge in [-0.1, -0.05) is 23.8 Å². The number of nitrogens with one attached hydrogen (secondary N) is 1. The Balaban J connectivity index is 1.62. The van der Waals surface area contributed by atoms with Gasteiger partial charge < -0.3 is 14.8 Å². The molecule has 0 aromatic heterocycles. The van der Waals surface area contributed by atoms with Gasteiger partial charge >= 0.3 is 0 Å². The van der Waals surface area contributed by atoms with Gasteiger partial charge in [0.25, 0.3) is 15.9 Å². The van der Waals surface area contributed by atoms with Gasteiger partial charge in [-0.25, -0.2) is 8.42 Å². The number of carbonyl (C=O) groups is 1. The van der Waals surface area contributed by atoms with Crippen LogP contribution in [-0.2, 0) is 16.4 Å². The fraction of sp³-hybridized carbons (Fsp3) is 0.240. The van der Waals surface area contributed by atoms with Gasteiger partial charge in [-0.15, -0.1) is 0 Å². The average molecular weight is 469 g/mol. The van der Waals surface area contributed by atoms with Crippen molar-refractivity contribution in [2.24, 2.45) is 0 Å². The summed E-state index contributed by atoms with van der Waals surface area (Å²) in [6, 6.07) is 18.7. The van der Waals surface area contributed by atoms with E-state index in [9.17, 15) is 13.2 Å². The highest BCUT2D eigenvalue weighted by molar-refractivity contribution is 7.92. The molecule has 0 bridgehead atoms. The molecule has 1 N–H and O–H groups in total. The van der Waals surface area contributed by atoms with E-state index in [1.807, 2.05) is 19.1 Å². The molecule has 0 radical (unpaired) electrons. The van der Waals surface area contributed by atoms with Crippen LogP contribution < -0.4 is 19.1 Å². The van der Waals surface area contributed by atoms with Crippen molar-refractivity contribution in [3.8, 4) is 11.5 Å². The Morgan fingerprint density at radius 1 is 0.939 bits per heavy atom. The summed E-state index contributed by atoms with van der Waals surface area (Å²) in [7, 11) is 0.991. The van der Waals surface area contributed by atoms with Gasteiger partial charge in [-0.2, -0.15) is 0 Å². The highest BCUT2D eigenvalue weighted by atomic mass is 32.2. The van der Waals surface area contributed by atoms with Gasteiger partial charge in [0.05, 0.1) is 24.8 Å². The zero-order chi connectivity index (χ0) is 24.0. The SMILES string of the molecule is COc1ccc(CCNC(=O)c2ccc(N(C)S(=O)(=O)c3ccc(C)cc3)cc2)c(OC)c1. The Labute approximate surface area is 195 Å². The van der Waals surface area contributed by atoms with Crippen molar-refractivity contribution in [3.63, 3.8) is 0 Å². The maximum Gasteiger partial charge on any atom is 0.264 e. The van der Waals surface area contributed by atoms with Crippen LogP contribution in [0.4, 0.5) is 5.69 Å². The van der Waals surface area contributed by atoms with Crippen LogP contribution in [0.15, 0.2) is 71.6 Å². The fourth-order valence-electron chi connectivity index (χ4n) is 3.30. The van der Waals surface area contributed by atoms with E-state index in [0.717, 1.165) is 11.1 Å². The number of benzene rings is 3. The molecule has 0 spiro atoms. The second-order valence-electron chi connectivity index (χ2n) is 7.52. The number of nitrogens with zero attached hydrogens (tertiary/aromatic N) is 1. The van der Waals surface area contributed by atoms with Crippen molar-refractivity contribution in [1.82, 2.24) is 5.32 Å². The van der Waals surface area contributed by atoms with Crippen LogP contribution in [0.25, 0.3) is 0 Å². The van der Waals surface area contributed by atoms with Crippen molar-refractivity contribution >= 4 is 21.6 Å². The number of hydrogen-bond acceptors (Lipinski definition) is 5. The summed E-state index contributed by atoms with van der Waals surface area (Å²) in [5.74, 6) is 1.16. The molecule has 0 saturated carbocycles. The maximum atomic E-state index is 12.9. The number of carbonyl (C=O) groups excluding carboxylic acids is 1. The zero-order valence-corrected chi connectivity index (χ0v) is 20.0. The van der Waals surface area contributed by atoms with E-state index < -0.39 is 10.0 Å². The van der Waals surface area contributed by atoms with E-state index in [2.05, 4.69) is 5.32 Å². The molecule has 3 rings (SSSR count). The Morgan fingerprint density at radius 3 is 2.21 bits per heavy atom. The first kappa shape index (κ1) is 24.1. The monoisotopic (exact) mass is 468 g/mol. The van der Waals surface area contributed by atoms with E-state index in [1.165, 1.54) is 11.4 Å². The van der Waals surface area contributed by atoms with Gasteiger partial charge in [0.1, 0.15) is 11.5 Å². The summed E-state index contributed by atoms with van der Waals surface area (Å²) < 4.78 is 37.5. The molecule has 8 heteroatoms. The molecule has 0 aliphatic carbocycles. The van der Waals surface area contributed by atoms with Crippen molar-refractivity contribution in [1.29, 1.82) is 0 Å². The van der Waals surface area contributed by atoms with Crippen LogP contribution in [0, 0.1) is 6.92 Å². The first-order chi connectivity index (χ1) is 15.8. The minimum Gasteiger partial charge on any atom is -0.497 e. The molecule has 3 aromatic rings. The Kier molecular flexibility index (Phi) is 7.60. The van der Waals surface area contributed by atoms with Crippen LogP contribution in [0.2, 0.25) is 0 Å². The average Bonchev–Trinajstić information content (AvgIpc) is 2.84. The maximum absolute atomic E-state index is 12.9. The molecule has 0 aliphatic rings. The van der Waals surface area contributed by atoms with Gasteiger partial charge in [0.15, 0.2) is 0 Å². The predicted octanol–water partition coefficient (Wildman–Crippen LogP) is 3.81. The Bertz CT molecular complexity index is 1210. The standard InChI is InChI=1S/C25H28N2O5S/c1-18-5-13-23(14-6-18)33(29,30)27(2)21-10-7-20(8-11-21)25(28)26-16-15-19-9-12-22(31-3)17-24(19)32-4/h5-14,17H,15-16H2,1-4H3,(H,26,28). The van der Waals surface area contributed by atoms with E-state index in [1.54, 1.807) is 68.8 Å². The number of rotatable bonds is 9. The summed E-state index contributed by atoms with van der Waals surface area (Å²) in [6.07, 6.45) is 0.592. The molecule has 1 amide bonds. The summed E-state index contributed by atoms with van der Waals surface area (Å²) >= 11 is 0. The Hall–Kier alpha value is -3.52. The van der Waals surface area contributed by atoms with Gasteiger partial charge in [-0.05, 0) is 61.4 Å². The highest BCUT2D eigenvalue weighted by Gasteiger charge is 2.21. The van der Waals surface area contributed by atoms with Crippen LogP contribution in [-0.4, -0.2) is 42.1 Å². The Morgan fingerprint density at radius 2 is 1.61 bits per heavy atom. The number of ether oxygens (including phenoxy) is 2. The first-order valence-corrected chi connectivity index (χ1v) is 11.8. The first-order valence-electron chi connectivity index (χ1n) is 10.4. The molecule has 0 unspecified atom stereocenters. The number of amides is 1. The van der Waals surface area contributed by atoms with Crippen LogP contribution in [0.1, 0.15) is 21.5 Å². The third kappa shape index (κ3) is 5.64. The van der Waals surface area contributed by atoms with E-state index in [0.29, 0.717) is 35.7 Å². The number of hydrogen-bond donors (Lipinski definition) is 1. The predicted molar refractivity (Wildman–Crippen MR) is 129 cm³/mol. The van der Waals surface area contributed by atoms with Crippen LogP contribution in [0.3, 0.4) is 0 Å². The van der Waals surface area contributed by atoms with Crippen molar-refractivity contribution in [2.45, 2.75) is 18.2 Å². The second kappa shape index (κ2) is 10.4. The summed E-state index contributed by atoms with van der Waals surface area (Å²) in [4.78, 5) is 12.7. The molecule has 0 fully saturated rings. The lowest BCUT2D eigenvalue weighted by Gasteiger charge is -2.20. The van der Waals surface area contributed by atoms with Gasteiger partial charge in [0, 0.05) is 25.2 Å². The quantitative estimate of drug-likeness (QED) is 0.516. The molecule has 174 valence electrons. The fourth-order valence-corrected chi connectivity index (χ4v) is 4.50.